The summed E-state index contributed by atoms with van der Waals surface area (Å²) in [4.78, 5) is 26.7. The van der Waals surface area contributed by atoms with Gasteiger partial charge in [0.25, 0.3) is 5.69 Å². The highest BCUT2D eigenvalue weighted by molar-refractivity contribution is 6.30. The standard InChI is InChI=1S/C17H13ClN4O3/c18-13-6-7-16-20-14(11-21(16)10-13)9-19-17(23)8-5-12-3-1-2-4-15(12)22(24)25/h1-8,10-11H,9H2,(H,19,23)/b8-5+. The Morgan fingerprint density at radius 2 is 2.08 bits per heavy atom. The van der Waals surface area contributed by atoms with E-state index in [9.17, 15) is 14.9 Å². The van der Waals surface area contributed by atoms with E-state index in [1.165, 1.54) is 18.2 Å². The van der Waals surface area contributed by atoms with E-state index in [1.54, 1.807) is 47.1 Å². The number of pyridine rings is 1. The van der Waals surface area contributed by atoms with Crippen molar-refractivity contribution in [1.29, 1.82) is 0 Å². The molecule has 0 saturated carbocycles. The summed E-state index contributed by atoms with van der Waals surface area (Å²) in [5.74, 6) is -0.367. The predicted octanol–water partition coefficient (Wildman–Crippen LogP) is 3.23. The van der Waals surface area contributed by atoms with Crippen molar-refractivity contribution in [3.63, 3.8) is 0 Å². The Bertz CT molecular complexity index is 981. The lowest BCUT2D eigenvalue weighted by molar-refractivity contribution is -0.385. The van der Waals surface area contributed by atoms with Gasteiger partial charge in [-0.3, -0.25) is 14.9 Å². The normalized spacial score (nSPS) is 11.1. The smallest absolute Gasteiger partial charge is 0.276 e. The second-order valence-corrected chi connectivity index (χ2v) is 5.65. The topological polar surface area (TPSA) is 89.5 Å². The number of nitro groups is 1. The molecule has 2 heterocycles. The third kappa shape index (κ3) is 4.02. The number of nitrogens with one attached hydrogen (secondary N) is 1. The molecule has 1 amide bonds. The minimum absolute atomic E-state index is 0.0521. The molecular weight excluding hydrogens is 344 g/mol. The molecule has 126 valence electrons. The van der Waals surface area contributed by atoms with Crippen LogP contribution >= 0.6 is 11.6 Å². The Labute approximate surface area is 147 Å². The van der Waals surface area contributed by atoms with Crippen molar-refractivity contribution in [2.45, 2.75) is 6.54 Å². The first kappa shape index (κ1) is 16.7. The van der Waals surface area contributed by atoms with Crippen LogP contribution in [0.25, 0.3) is 11.7 Å². The zero-order chi connectivity index (χ0) is 17.8. The number of carbonyl (C=O) groups is 1. The molecule has 0 bridgehead atoms. The molecule has 8 heteroatoms. The van der Waals surface area contributed by atoms with Gasteiger partial charge in [0.15, 0.2) is 0 Å². The van der Waals surface area contributed by atoms with E-state index < -0.39 is 4.92 Å². The summed E-state index contributed by atoms with van der Waals surface area (Å²) in [6.45, 7) is 0.235. The fourth-order valence-corrected chi connectivity index (χ4v) is 2.47. The van der Waals surface area contributed by atoms with Crippen LogP contribution in [0.1, 0.15) is 11.3 Å². The number of imidazole rings is 1. The molecule has 7 nitrogen and oxygen atoms in total. The van der Waals surface area contributed by atoms with Gasteiger partial charge in [0.1, 0.15) is 5.65 Å². The molecule has 0 aliphatic carbocycles. The van der Waals surface area contributed by atoms with Gasteiger partial charge >= 0.3 is 0 Å². The SMILES string of the molecule is O=C(/C=C/c1ccccc1[N+](=O)[O-])NCc1cn2cc(Cl)ccc2n1. The lowest BCUT2D eigenvalue weighted by Gasteiger charge is -1.99. The first-order chi connectivity index (χ1) is 12.0. The van der Waals surface area contributed by atoms with Gasteiger partial charge in [-0.2, -0.15) is 0 Å². The minimum atomic E-state index is -0.487. The van der Waals surface area contributed by atoms with Gasteiger partial charge in [-0.25, -0.2) is 4.98 Å². The Hall–Kier alpha value is -3.19. The maximum Gasteiger partial charge on any atom is 0.276 e. The summed E-state index contributed by atoms with van der Waals surface area (Å²) in [6, 6.07) is 9.73. The molecular formula is C17H13ClN4O3. The molecule has 1 N–H and O–H groups in total. The van der Waals surface area contributed by atoms with Gasteiger partial charge in [-0.1, -0.05) is 23.7 Å². The minimum Gasteiger partial charge on any atom is -0.347 e. The van der Waals surface area contributed by atoms with E-state index in [-0.39, 0.29) is 18.1 Å². The summed E-state index contributed by atoms with van der Waals surface area (Å²) in [6.07, 6.45) is 6.17. The molecule has 0 atom stereocenters. The Balaban J connectivity index is 1.65. The summed E-state index contributed by atoms with van der Waals surface area (Å²) in [5.41, 5.74) is 1.72. The van der Waals surface area contributed by atoms with Crippen LogP contribution in [0.15, 0.2) is 54.9 Å². The van der Waals surface area contributed by atoms with Gasteiger partial charge in [0.05, 0.1) is 27.7 Å². The van der Waals surface area contributed by atoms with Crippen LogP contribution in [0.4, 0.5) is 5.69 Å². The number of hydrogen-bond acceptors (Lipinski definition) is 4. The van der Waals surface area contributed by atoms with Crippen LogP contribution < -0.4 is 5.32 Å². The Morgan fingerprint density at radius 1 is 1.28 bits per heavy atom. The average Bonchev–Trinajstić information content (AvgIpc) is 3.00. The molecule has 25 heavy (non-hydrogen) atoms. The van der Waals surface area contributed by atoms with Gasteiger partial charge in [0, 0.05) is 24.5 Å². The van der Waals surface area contributed by atoms with E-state index in [4.69, 9.17) is 11.6 Å². The highest BCUT2D eigenvalue weighted by Crippen LogP contribution is 2.18. The van der Waals surface area contributed by atoms with E-state index in [1.807, 2.05) is 0 Å². The zero-order valence-electron chi connectivity index (χ0n) is 12.9. The number of carbonyl (C=O) groups excluding carboxylic acids is 1. The molecule has 3 rings (SSSR count). The number of nitrogens with zero attached hydrogens (tertiary/aromatic N) is 3. The van der Waals surface area contributed by atoms with Crippen LogP contribution in [0, 0.1) is 10.1 Å². The summed E-state index contributed by atoms with van der Waals surface area (Å²) >= 11 is 5.91. The third-order valence-electron chi connectivity index (χ3n) is 3.46. The third-order valence-corrected chi connectivity index (χ3v) is 3.68. The van der Waals surface area contributed by atoms with E-state index >= 15 is 0 Å². The fraction of sp³-hybridized carbons (Fsp3) is 0.0588. The number of fused-ring (bicyclic) bond motifs is 1. The quantitative estimate of drug-likeness (QED) is 0.432. The highest BCUT2D eigenvalue weighted by atomic mass is 35.5. The molecule has 0 saturated heterocycles. The van der Waals surface area contributed by atoms with Crippen LogP contribution in [-0.4, -0.2) is 20.2 Å². The molecule has 1 aromatic carbocycles. The van der Waals surface area contributed by atoms with Crippen molar-refractivity contribution < 1.29 is 9.72 Å². The number of nitro benzene ring substituents is 1. The van der Waals surface area contributed by atoms with Gasteiger partial charge in [0.2, 0.25) is 5.91 Å². The van der Waals surface area contributed by atoms with Crippen molar-refractivity contribution >= 4 is 34.9 Å². The second kappa shape index (κ2) is 7.14. The van der Waals surface area contributed by atoms with Crippen molar-refractivity contribution in [2.75, 3.05) is 0 Å². The summed E-state index contributed by atoms with van der Waals surface area (Å²) in [5, 5.41) is 14.2. The highest BCUT2D eigenvalue weighted by Gasteiger charge is 2.10. The summed E-state index contributed by atoms with van der Waals surface area (Å²) in [7, 11) is 0. The number of para-hydroxylation sites is 1. The van der Waals surface area contributed by atoms with Crippen molar-refractivity contribution in [3.05, 3.63) is 81.3 Å². The van der Waals surface area contributed by atoms with Crippen molar-refractivity contribution in [2.24, 2.45) is 0 Å². The number of hydrogen-bond donors (Lipinski definition) is 1. The number of amides is 1. The lowest BCUT2D eigenvalue weighted by Crippen LogP contribution is -2.20. The first-order valence-corrected chi connectivity index (χ1v) is 7.73. The molecule has 3 aromatic rings. The molecule has 0 aliphatic heterocycles. The maximum absolute atomic E-state index is 11.9. The Morgan fingerprint density at radius 3 is 2.88 bits per heavy atom. The predicted molar refractivity (Wildman–Crippen MR) is 94.2 cm³/mol. The fourth-order valence-electron chi connectivity index (χ4n) is 2.30. The zero-order valence-corrected chi connectivity index (χ0v) is 13.7. The first-order valence-electron chi connectivity index (χ1n) is 7.35. The van der Waals surface area contributed by atoms with Crippen LogP contribution in [0.5, 0.6) is 0 Å². The molecule has 0 aliphatic rings. The van der Waals surface area contributed by atoms with Gasteiger partial charge < -0.3 is 9.72 Å². The number of rotatable bonds is 5. The molecule has 0 fully saturated rings. The summed E-state index contributed by atoms with van der Waals surface area (Å²) < 4.78 is 1.77. The van der Waals surface area contributed by atoms with Crippen molar-refractivity contribution in [3.8, 4) is 0 Å². The largest absolute Gasteiger partial charge is 0.347 e. The molecule has 2 aromatic heterocycles. The molecule has 0 spiro atoms. The van der Waals surface area contributed by atoms with E-state index in [2.05, 4.69) is 10.3 Å². The number of halogens is 1. The monoisotopic (exact) mass is 356 g/mol. The molecule has 0 unspecified atom stereocenters. The maximum atomic E-state index is 11.9. The lowest BCUT2D eigenvalue weighted by atomic mass is 10.1. The molecule has 0 radical (unpaired) electrons. The number of aromatic nitrogens is 2. The van der Waals surface area contributed by atoms with E-state index in [0.717, 1.165) is 5.65 Å². The van der Waals surface area contributed by atoms with E-state index in [0.29, 0.717) is 16.3 Å². The number of benzene rings is 1. The van der Waals surface area contributed by atoms with Crippen LogP contribution in [-0.2, 0) is 11.3 Å². The van der Waals surface area contributed by atoms with Crippen LogP contribution in [0.2, 0.25) is 5.02 Å². The Kier molecular flexibility index (Phi) is 4.76. The van der Waals surface area contributed by atoms with Gasteiger partial charge in [-0.15, -0.1) is 0 Å². The van der Waals surface area contributed by atoms with Crippen LogP contribution in [0.3, 0.4) is 0 Å². The second-order valence-electron chi connectivity index (χ2n) is 5.21. The average molecular weight is 357 g/mol. The van der Waals surface area contributed by atoms with Crippen molar-refractivity contribution in [1.82, 2.24) is 14.7 Å². The van der Waals surface area contributed by atoms with Gasteiger partial charge in [-0.05, 0) is 24.3 Å².